The van der Waals surface area contributed by atoms with Gasteiger partial charge in [0.1, 0.15) is 5.75 Å². The minimum atomic E-state index is -0.107. The normalized spacial score (nSPS) is 26.5. The maximum Gasteiger partial charge on any atom is 0.272 e. The fourth-order valence-corrected chi connectivity index (χ4v) is 6.06. The van der Waals surface area contributed by atoms with E-state index in [-0.39, 0.29) is 17.4 Å². The molecule has 1 saturated heterocycles. The Bertz CT molecular complexity index is 1190. The van der Waals surface area contributed by atoms with Gasteiger partial charge in [0.25, 0.3) is 5.91 Å². The van der Waals surface area contributed by atoms with Crippen LogP contribution in [0.4, 0.5) is 0 Å². The van der Waals surface area contributed by atoms with Gasteiger partial charge in [-0.15, -0.1) is 0 Å². The van der Waals surface area contributed by atoms with E-state index in [9.17, 15) is 9.90 Å². The van der Waals surface area contributed by atoms with Gasteiger partial charge in [0.15, 0.2) is 5.69 Å². The number of nitrogens with one attached hydrogen (secondary N) is 2. The van der Waals surface area contributed by atoms with Crippen molar-refractivity contribution in [3.63, 3.8) is 0 Å². The molecule has 6 rings (SSSR count). The van der Waals surface area contributed by atoms with E-state index in [4.69, 9.17) is 4.74 Å². The first-order valence-corrected chi connectivity index (χ1v) is 11.3. The second kappa shape index (κ2) is 6.82. The largest absolute Gasteiger partial charge is 0.508 e. The molecule has 0 spiro atoms. The number of ether oxygens (including phenoxy) is 1. The molecule has 0 saturated carbocycles. The van der Waals surface area contributed by atoms with E-state index < -0.39 is 0 Å². The Hall–Kier alpha value is -2.86. The number of carbonyl (C=O) groups is 1. The number of aromatic nitrogens is 2. The Balaban J connectivity index is 1.33. The van der Waals surface area contributed by atoms with Gasteiger partial charge in [-0.25, -0.2) is 0 Å². The number of rotatable bonds is 3. The van der Waals surface area contributed by atoms with Gasteiger partial charge in [0.05, 0.1) is 6.10 Å². The Morgan fingerprint density at radius 1 is 1.32 bits per heavy atom. The zero-order chi connectivity index (χ0) is 21.2. The Morgan fingerprint density at radius 3 is 3.06 bits per heavy atom. The Kier molecular flexibility index (Phi) is 4.15. The Labute approximate surface area is 181 Å². The quantitative estimate of drug-likeness (QED) is 0.606. The molecule has 2 aliphatic carbocycles. The highest BCUT2D eigenvalue weighted by atomic mass is 16.5. The molecule has 2 unspecified atom stereocenters. The number of aromatic hydroxyl groups is 1. The first kappa shape index (κ1) is 18.9. The van der Waals surface area contributed by atoms with E-state index in [1.165, 1.54) is 16.5 Å². The lowest BCUT2D eigenvalue weighted by Gasteiger charge is -2.38. The number of phenols is 1. The first-order chi connectivity index (χ1) is 15.0. The van der Waals surface area contributed by atoms with E-state index in [0.29, 0.717) is 23.9 Å². The molecule has 2 aromatic carbocycles. The van der Waals surface area contributed by atoms with E-state index in [1.807, 2.05) is 12.1 Å². The number of H-pyrrole nitrogens is 1. The number of carbonyl (C=O) groups excluding carboxylic acids is 1. The van der Waals surface area contributed by atoms with Crippen molar-refractivity contribution in [1.29, 1.82) is 0 Å². The van der Waals surface area contributed by atoms with Gasteiger partial charge >= 0.3 is 0 Å². The number of phenolic OH excluding ortho intramolecular Hbond substituents is 1. The maximum atomic E-state index is 12.9. The number of benzene rings is 2. The number of hydrogen-bond acceptors (Lipinski definition) is 4. The fraction of sp³-hybridized carbons (Fsp3) is 0.440. The highest BCUT2D eigenvalue weighted by Crippen LogP contribution is 2.55. The number of nitrogens with zero attached hydrogens (tertiary/aromatic N) is 1. The van der Waals surface area contributed by atoms with Crippen LogP contribution >= 0.6 is 0 Å². The van der Waals surface area contributed by atoms with E-state index in [1.54, 1.807) is 6.07 Å². The molecule has 0 radical (unpaired) electrons. The van der Waals surface area contributed by atoms with Gasteiger partial charge in [-0.2, -0.15) is 5.10 Å². The van der Waals surface area contributed by atoms with Gasteiger partial charge in [0.2, 0.25) is 0 Å². The van der Waals surface area contributed by atoms with Crippen molar-refractivity contribution in [1.82, 2.24) is 15.5 Å². The van der Waals surface area contributed by atoms with Crippen LogP contribution in [0.1, 0.15) is 65.0 Å². The zero-order valence-electron chi connectivity index (χ0n) is 17.7. The van der Waals surface area contributed by atoms with Crippen molar-refractivity contribution in [3.05, 3.63) is 58.4 Å². The molecule has 3 aromatic rings. The van der Waals surface area contributed by atoms with Gasteiger partial charge < -0.3 is 15.2 Å². The maximum absolute atomic E-state index is 12.9. The van der Waals surface area contributed by atoms with Gasteiger partial charge in [-0.3, -0.25) is 9.89 Å². The van der Waals surface area contributed by atoms with Crippen LogP contribution in [0.3, 0.4) is 0 Å². The number of aromatic amines is 1. The lowest BCUT2D eigenvalue weighted by Crippen LogP contribution is -2.33. The summed E-state index contributed by atoms with van der Waals surface area (Å²) in [4.78, 5) is 12.9. The summed E-state index contributed by atoms with van der Waals surface area (Å²) in [7, 11) is 0. The van der Waals surface area contributed by atoms with E-state index >= 15 is 0 Å². The summed E-state index contributed by atoms with van der Waals surface area (Å²) in [5.41, 5.74) is 5.42. The van der Waals surface area contributed by atoms with Crippen molar-refractivity contribution in [2.75, 3.05) is 13.2 Å². The number of fused-ring (bicyclic) bond motifs is 7. The lowest BCUT2D eigenvalue weighted by molar-refractivity contribution is 0.0853. The minimum Gasteiger partial charge on any atom is -0.508 e. The molecule has 0 bridgehead atoms. The van der Waals surface area contributed by atoms with Crippen LogP contribution in [0.2, 0.25) is 0 Å². The van der Waals surface area contributed by atoms with Gasteiger partial charge in [-0.1, -0.05) is 25.1 Å². The molecular formula is C25H27N3O3. The molecule has 6 heteroatoms. The molecular weight excluding hydrogens is 390 g/mol. The molecule has 3 aliphatic rings. The second-order valence-corrected chi connectivity index (χ2v) is 9.48. The average molecular weight is 418 g/mol. The first-order valence-electron chi connectivity index (χ1n) is 11.3. The summed E-state index contributed by atoms with van der Waals surface area (Å²) in [5, 5.41) is 22.8. The number of amides is 1. The topological polar surface area (TPSA) is 87.2 Å². The third kappa shape index (κ3) is 2.81. The molecule has 160 valence electrons. The molecule has 2 heterocycles. The second-order valence-electron chi connectivity index (χ2n) is 9.48. The molecule has 3 atom stereocenters. The summed E-state index contributed by atoms with van der Waals surface area (Å²) in [6.07, 6.45) is 4.99. The van der Waals surface area contributed by atoms with Crippen LogP contribution in [0.5, 0.6) is 5.75 Å². The fourth-order valence-electron chi connectivity index (χ4n) is 6.06. The highest BCUT2D eigenvalue weighted by molar-refractivity contribution is 5.94. The van der Waals surface area contributed by atoms with Crippen LogP contribution < -0.4 is 5.32 Å². The standard InChI is InChI=1S/C25H27N3O3/c1-25-9-8-18-17-7-5-15(29)11-14(17)4-6-19(18)21(25)12-20-22(27-28-23(20)25)24(30)26-13-16-3-2-10-31-16/h4-7,11,16,21,29H,2-3,8-10,12-13H2,1H3,(H,26,30)(H,27,28)/t16?,21?,25-/m0/s1. The summed E-state index contributed by atoms with van der Waals surface area (Å²) in [5.74, 6) is 0.515. The summed E-state index contributed by atoms with van der Waals surface area (Å²) in [6.45, 7) is 3.63. The van der Waals surface area contributed by atoms with Crippen LogP contribution in [0.15, 0.2) is 30.3 Å². The predicted octanol–water partition coefficient (Wildman–Crippen LogP) is 3.72. The summed E-state index contributed by atoms with van der Waals surface area (Å²) < 4.78 is 5.63. The predicted molar refractivity (Wildman–Crippen MR) is 118 cm³/mol. The monoisotopic (exact) mass is 417 g/mol. The van der Waals surface area contributed by atoms with Crippen molar-refractivity contribution in [2.24, 2.45) is 0 Å². The van der Waals surface area contributed by atoms with Crippen molar-refractivity contribution < 1.29 is 14.6 Å². The molecule has 3 N–H and O–H groups in total. The Morgan fingerprint density at radius 2 is 2.23 bits per heavy atom. The molecule has 1 aromatic heterocycles. The molecule has 31 heavy (non-hydrogen) atoms. The van der Waals surface area contributed by atoms with E-state index in [2.05, 4.69) is 34.6 Å². The molecule has 6 nitrogen and oxygen atoms in total. The molecule has 1 fully saturated rings. The third-order valence-electron chi connectivity index (χ3n) is 7.77. The summed E-state index contributed by atoms with van der Waals surface area (Å²) >= 11 is 0. The van der Waals surface area contributed by atoms with Crippen LogP contribution in [-0.4, -0.2) is 40.5 Å². The average Bonchev–Trinajstić information content (AvgIpc) is 3.48. The van der Waals surface area contributed by atoms with Crippen LogP contribution in [0.25, 0.3) is 10.8 Å². The smallest absolute Gasteiger partial charge is 0.272 e. The lowest BCUT2D eigenvalue weighted by atomic mass is 9.65. The zero-order valence-corrected chi connectivity index (χ0v) is 17.7. The SMILES string of the molecule is C[C@]12CCc3c(ccc4cc(O)ccc34)C1Cc1c(C(=O)NCC3CCCO3)n[nH]c12. The van der Waals surface area contributed by atoms with Crippen molar-refractivity contribution in [3.8, 4) is 5.75 Å². The molecule has 1 aliphatic heterocycles. The number of hydrogen-bond donors (Lipinski definition) is 3. The van der Waals surface area contributed by atoms with Crippen LogP contribution in [-0.2, 0) is 23.0 Å². The van der Waals surface area contributed by atoms with Gasteiger partial charge in [-0.05, 0) is 72.1 Å². The highest BCUT2D eigenvalue weighted by Gasteiger charge is 2.50. The summed E-state index contributed by atoms with van der Waals surface area (Å²) in [6, 6.07) is 9.97. The minimum absolute atomic E-state index is 0.0486. The number of aryl methyl sites for hydroxylation is 1. The van der Waals surface area contributed by atoms with Crippen molar-refractivity contribution in [2.45, 2.75) is 56.5 Å². The third-order valence-corrected chi connectivity index (χ3v) is 7.77. The molecule has 1 amide bonds. The van der Waals surface area contributed by atoms with Crippen LogP contribution in [0, 0.1) is 0 Å². The van der Waals surface area contributed by atoms with Crippen molar-refractivity contribution >= 4 is 16.7 Å². The van der Waals surface area contributed by atoms with Gasteiger partial charge in [0, 0.05) is 29.8 Å². The van der Waals surface area contributed by atoms with E-state index in [0.717, 1.165) is 55.4 Å².